The summed E-state index contributed by atoms with van der Waals surface area (Å²) >= 11 is 0. The minimum atomic E-state index is -1.12. The smallest absolute Gasteiger partial charge is 0.374 e. The molecular formula is C13H16N4O2. The first-order chi connectivity index (χ1) is 9.08. The molecule has 0 aliphatic carbocycles. The summed E-state index contributed by atoms with van der Waals surface area (Å²) < 4.78 is 0. The zero-order valence-corrected chi connectivity index (χ0v) is 10.9. The van der Waals surface area contributed by atoms with E-state index >= 15 is 0 Å². The third-order valence-corrected chi connectivity index (χ3v) is 2.65. The van der Waals surface area contributed by atoms with Gasteiger partial charge in [-0.25, -0.2) is 14.8 Å². The van der Waals surface area contributed by atoms with E-state index in [1.54, 1.807) is 6.07 Å². The molecule has 0 saturated heterocycles. The summed E-state index contributed by atoms with van der Waals surface area (Å²) in [7, 11) is 3.95. The van der Waals surface area contributed by atoms with Gasteiger partial charge in [0.05, 0.1) is 5.52 Å². The zero-order chi connectivity index (χ0) is 13.8. The molecule has 0 aliphatic heterocycles. The Bertz CT molecular complexity index is 598. The van der Waals surface area contributed by atoms with Crippen LogP contribution in [-0.4, -0.2) is 53.1 Å². The van der Waals surface area contributed by atoms with E-state index in [9.17, 15) is 4.79 Å². The van der Waals surface area contributed by atoms with Crippen LogP contribution in [0.3, 0.4) is 0 Å². The molecule has 0 spiro atoms. The van der Waals surface area contributed by atoms with Crippen molar-refractivity contribution in [2.75, 3.05) is 32.5 Å². The molecule has 0 bridgehead atoms. The van der Waals surface area contributed by atoms with E-state index in [2.05, 4.69) is 15.3 Å². The molecule has 0 amide bonds. The number of fused-ring (bicyclic) bond motifs is 1. The van der Waals surface area contributed by atoms with Crippen molar-refractivity contribution < 1.29 is 9.90 Å². The number of para-hydroxylation sites is 1. The number of benzene rings is 1. The van der Waals surface area contributed by atoms with Gasteiger partial charge in [0, 0.05) is 18.5 Å². The monoisotopic (exact) mass is 260 g/mol. The van der Waals surface area contributed by atoms with Crippen LogP contribution in [0.15, 0.2) is 24.3 Å². The average Bonchev–Trinajstić information content (AvgIpc) is 2.38. The average molecular weight is 260 g/mol. The summed E-state index contributed by atoms with van der Waals surface area (Å²) in [5.74, 6) is -0.752. The topological polar surface area (TPSA) is 78.4 Å². The molecule has 6 heteroatoms. The highest BCUT2D eigenvalue weighted by Crippen LogP contribution is 2.19. The van der Waals surface area contributed by atoms with Crippen molar-refractivity contribution >= 4 is 22.7 Å². The molecule has 0 aliphatic rings. The van der Waals surface area contributed by atoms with Gasteiger partial charge >= 0.3 is 5.97 Å². The Labute approximate surface area is 111 Å². The summed E-state index contributed by atoms with van der Waals surface area (Å²) in [5, 5.41) is 13.0. The van der Waals surface area contributed by atoms with Crippen LogP contribution in [0.2, 0.25) is 0 Å². The van der Waals surface area contributed by atoms with Crippen LogP contribution in [-0.2, 0) is 0 Å². The van der Waals surface area contributed by atoms with Crippen molar-refractivity contribution in [3.8, 4) is 0 Å². The molecule has 2 N–H and O–H groups in total. The lowest BCUT2D eigenvalue weighted by molar-refractivity contribution is 0.0684. The number of anilines is 1. The molecule has 19 heavy (non-hydrogen) atoms. The highest BCUT2D eigenvalue weighted by molar-refractivity contribution is 5.93. The molecule has 0 radical (unpaired) electrons. The molecule has 0 unspecified atom stereocenters. The molecule has 1 aromatic heterocycles. The highest BCUT2D eigenvalue weighted by atomic mass is 16.4. The summed E-state index contributed by atoms with van der Waals surface area (Å²) in [5.41, 5.74) is 0.627. The first-order valence-corrected chi connectivity index (χ1v) is 5.96. The standard InChI is InChI=1S/C13H16N4O2/c1-17(2)8-7-14-11-9-5-3-4-6-10(9)15-12(16-11)13(18)19/h3-6H,7-8H2,1-2H3,(H,18,19)(H,14,15,16). The number of nitrogens with zero attached hydrogens (tertiary/aromatic N) is 3. The van der Waals surface area contributed by atoms with E-state index in [1.165, 1.54) is 0 Å². The Morgan fingerprint density at radius 2 is 2.05 bits per heavy atom. The molecule has 0 atom stereocenters. The van der Waals surface area contributed by atoms with Crippen LogP contribution >= 0.6 is 0 Å². The second-order valence-corrected chi connectivity index (χ2v) is 4.45. The van der Waals surface area contributed by atoms with Gasteiger partial charge in [0.15, 0.2) is 0 Å². The van der Waals surface area contributed by atoms with Crippen molar-refractivity contribution in [1.29, 1.82) is 0 Å². The molecule has 1 heterocycles. The molecular weight excluding hydrogens is 244 g/mol. The van der Waals surface area contributed by atoms with Gasteiger partial charge in [-0.3, -0.25) is 0 Å². The fraction of sp³-hybridized carbons (Fsp3) is 0.308. The number of hydrogen-bond donors (Lipinski definition) is 2. The van der Waals surface area contributed by atoms with E-state index in [1.807, 2.05) is 37.2 Å². The Morgan fingerprint density at radius 3 is 2.74 bits per heavy atom. The largest absolute Gasteiger partial charge is 0.475 e. The number of carboxylic acid groups (broad SMARTS) is 1. The fourth-order valence-corrected chi connectivity index (χ4v) is 1.70. The molecule has 1 aromatic carbocycles. The zero-order valence-electron chi connectivity index (χ0n) is 10.9. The normalized spacial score (nSPS) is 10.9. The number of aromatic carboxylic acids is 1. The van der Waals surface area contributed by atoms with E-state index in [0.29, 0.717) is 17.9 Å². The van der Waals surface area contributed by atoms with Crippen LogP contribution < -0.4 is 5.32 Å². The third kappa shape index (κ3) is 3.17. The number of likely N-dealkylation sites (N-methyl/N-ethyl adjacent to an activating group) is 1. The van der Waals surface area contributed by atoms with Crippen LogP contribution in [0.25, 0.3) is 10.9 Å². The Hall–Kier alpha value is -2.21. The van der Waals surface area contributed by atoms with E-state index in [0.717, 1.165) is 11.9 Å². The maximum atomic E-state index is 11.0. The molecule has 2 rings (SSSR count). The van der Waals surface area contributed by atoms with Crippen molar-refractivity contribution in [1.82, 2.24) is 14.9 Å². The fourth-order valence-electron chi connectivity index (χ4n) is 1.70. The van der Waals surface area contributed by atoms with Gasteiger partial charge in [0.2, 0.25) is 5.82 Å². The van der Waals surface area contributed by atoms with Crippen LogP contribution in [0.4, 0.5) is 5.82 Å². The highest BCUT2D eigenvalue weighted by Gasteiger charge is 2.12. The van der Waals surface area contributed by atoms with E-state index in [-0.39, 0.29) is 5.82 Å². The maximum absolute atomic E-state index is 11.0. The number of hydrogen-bond acceptors (Lipinski definition) is 5. The number of carbonyl (C=O) groups is 1. The van der Waals surface area contributed by atoms with Gasteiger partial charge < -0.3 is 15.3 Å². The summed E-state index contributed by atoms with van der Waals surface area (Å²) in [6.45, 7) is 1.52. The van der Waals surface area contributed by atoms with Crippen LogP contribution in [0.1, 0.15) is 10.6 Å². The molecule has 100 valence electrons. The predicted octanol–water partition coefficient (Wildman–Crippen LogP) is 1.30. The van der Waals surface area contributed by atoms with Gasteiger partial charge in [-0.05, 0) is 26.2 Å². The Kier molecular flexibility index (Phi) is 3.91. The number of carboxylic acids is 1. The summed E-state index contributed by atoms with van der Waals surface area (Å²) in [4.78, 5) is 21.1. The van der Waals surface area contributed by atoms with Gasteiger partial charge in [-0.2, -0.15) is 0 Å². The minimum absolute atomic E-state index is 0.189. The lowest BCUT2D eigenvalue weighted by Crippen LogP contribution is -2.21. The van der Waals surface area contributed by atoms with Crippen LogP contribution in [0.5, 0.6) is 0 Å². The molecule has 0 saturated carbocycles. The van der Waals surface area contributed by atoms with Gasteiger partial charge in [0.1, 0.15) is 5.82 Å². The number of aromatic nitrogens is 2. The van der Waals surface area contributed by atoms with Gasteiger partial charge in [-0.15, -0.1) is 0 Å². The Morgan fingerprint density at radius 1 is 1.32 bits per heavy atom. The molecule has 0 fully saturated rings. The first kappa shape index (κ1) is 13.2. The lowest BCUT2D eigenvalue weighted by atomic mass is 10.2. The maximum Gasteiger partial charge on any atom is 0.374 e. The first-order valence-electron chi connectivity index (χ1n) is 5.96. The quantitative estimate of drug-likeness (QED) is 0.843. The number of nitrogens with one attached hydrogen (secondary N) is 1. The molecule has 6 nitrogen and oxygen atoms in total. The summed E-state index contributed by atoms with van der Waals surface area (Å²) in [6.07, 6.45) is 0. The van der Waals surface area contributed by atoms with Gasteiger partial charge in [0.25, 0.3) is 0 Å². The summed E-state index contributed by atoms with van der Waals surface area (Å²) in [6, 6.07) is 7.35. The van der Waals surface area contributed by atoms with Crippen molar-refractivity contribution in [3.63, 3.8) is 0 Å². The van der Waals surface area contributed by atoms with Gasteiger partial charge in [-0.1, -0.05) is 12.1 Å². The second-order valence-electron chi connectivity index (χ2n) is 4.45. The van der Waals surface area contributed by atoms with Crippen molar-refractivity contribution in [3.05, 3.63) is 30.1 Å². The SMILES string of the molecule is CN(C)CCNc1nc(C(=O)O)nc2ccccc12. The van der Waals surface area contributed by atoms with E-state index < -0.39 is 5.97 Å². The van der Waals surface area contributed by atoms with E-state index in [4.69, 9.17) is 5.11 Å². The minimum Gasteiger partial charge on any atom is -0.475 e. The van der Waals surface area contributed by atoms with Crippen molar-refractivity contribution in [2.45, 2.75) is 0 Å². The van der Waals surface area contributed by atoms with Crippen LogP contribution in [0, 0.1) is 0 Å². The lowest BCUT2D eigenvalue weighted by Gasteiger charge is -2.12. The Balaban J connectivity index is 2.36. The number of rotatable bonds is 5. The predicted molar refractivity (Wildman–Crippen MR) is 73.5 cm³/mol. The van der Waals surface area contributed by atoms with Crippen molar-refractivity contribution in [2.24, 2.45) is 0 Å². The third-order valence-electron chi connectivity index (χ3n) is 2.65. The second kappa shape index (κ2) is 5.62. The molecule has 2 aromatic rings.